The molecule has 0 aromatic carbocycles. The molecule has 2 amide bonds. The largest absolute Gasteiger partial charge is 0.379 e. The van der Waals surface area contributed by atoms with Crippen LogP contribution in [-0.2, 0) is 9.53 Å². The topological polar surface area (TPSA) is 87.9 Å². The van der Waals surface area contributed by atoms with Crippen LogP contribution in [0.1, 0.15) is 22.5 Å². The van der Waals surface area contributed by atoms with Crippen molar-refractivity contribution < 1.29 is 18.8 Å². The quantitative estimate of drug-likeness (QED) is 0.797. The van der Waals surface area contributed by atoms with Crippen LogP contribution in [0.15, 0.2) is 10.8 Å². The lowest BCUT2D eigenvalue weighted by Gasteiger charge is -2.31. The molecule has 8 nitrogen and oxygen atoms in total. The van der Waals surface area contributed by atoms with Gasteiger partial charge in [-0.05, 0) is 13.3 Å². The standard InChI is InChI=1S/C15H22N4O4/c1-11-12(10-23-17-11)14(20)16-3-5-19-4-2-13(15(19)21)18-6-8-22-9-7-18/h10,13H,2-9H2,1H3,(H,16,20). The van der Waals surface area contributed by atoms with Gasteiger partial charge in [0.2, 0.25) is 5.91 Å². The van der Waals surface area contributed by atoms with Crippen molar-refractivity contribution in [3.63, 3.8) is 0 Å². The Morgan fingerprint density at radius 3 is 2.87 bits per heavy atom. The Bertz CT molecular complexity index is 568. The maximum absolute atomic E-state index is 12.5. The molecule has 2 aliphatic heterocycles. The number of nitrogens with zero attached hydrogens (tertiary/aromatic N) is 3. The second-order valence-electron chi connectivity index (χ2n) is 5.85. The Hall–Kier alpha value is -1.93. The Morgan fingerprint density at radius 1 is 1.39 bits per heavy atom. The van der Waals surface area contributed by atoms with E-state index in [-0.39, 0.29) is 17.9 Å². The van der Waals surface area contributed by atoms with Gasteiger partial charge in [-0.1, -0.05) is 5.16 Å². The summed E-state index contributed by atoms with van der Waals surface area (Å²) in [5.74, 6) is -0.0672. The summed E-state index contributed by atoms with van der Waals surface area (Å²) in [5.41, 5.74) is 0.996. The molecular formula is C15H22N4O4. The molecular weight excluding hydrogens is 300 g/mol. The number of hydrogen-bond donors (Lipinski definition) is 1. The first-order valence-corrected chi connectivity index (χ1v) is 7.96. The number of morpholine rings is 1. The summed E-state index contributed by atoms with van der Waals surface area (Å²) < 4.78 is 10.1. The fraction of sp³-hybridized carbons (Fsp3) is 0.667. The predicted molar refractivity (Wildman–Crippen MR) is 81.0 cm³/mol. The third kappa shape index (κ3) is 3.53. The zero-order chi connectivity index (χ0) is 16.2. The monoisotopic (exact) mass is 322 g/mol. The number of likely N-dealkylation sites (tertiary alicyclic amines) is 1. The van der Waals surface area contributed by atoms with Crippen molar-refractivity contribution in [3.05, 3.63) is 17.5 Å². The van der Waals surface area contributed by atoms with E-state index in [0.29, 0.717) is 37.6 Å². The number of aromatic nitrogens is 1. The third-order valence-corrected chi connectivity index (χ3v) is 4.42. The summed E-state index contributed by atoms with van der Waals surface area (Å²) in [4.78, 5) is 28.4. The molecule has 1 aromatic heterocycles. The van der Waals surface area contributed by atoms with Crippen LogP contribution in [0.25, 0.3) is 0 Å². The molecule has 0 aliphatic carbocycles. The molecule has 1 atom stereocenters. The number of hydrogen-bond acceptors (Lipinski definition) is 6. The van der Waals surface area contributed by atoms with E-state index in [1.807, 2.05) is 4.90 Å². The fourth-order valence-corrected chi connectivity index (χ4v) is 3.08. The fourth-order valence-electron chi connectivity index (χ4n) is 3.08. The van der Waals surface area contributed by atoms with Gasteiger partial charge in [-0.2, -0.15) is 0 Å². The molecule has 2 saturated heterocycles. The molecule has 23 heavy (non-hydrogen) atoms. The van der Waals surface area contributed by atoms with E-state index in [1.165, 1.54) is 6.26 Å². The molecule has 8 heteroatoms. The van der Waals surface area contributed by atoms with Crippen LogP contribution in [0, 0.1) is 6.92 Å². The highest BCUT2D eigenvalue weighted by Crippen LogP contribution is 2.18. The van der Waals surface area contributed by atoms with Crippen LogP contribution in [0.4, 0.5) is 0 Å². The van der Waals surface area contributed by atoms with E-state index in [2.05, 4.69) is 15.4 Å². The predicted octanol–water partition coefficient (Wildman–Crippen LogP) is -0.354. The lowest BCUT2D eigenvalue weighted by atomic mass is 10.2. The maximum Gasteiger partial charge on any atom is 0.256 e. The molecule has 0 saturated carbocycles. The van der Waals surface area contributed by atoms with Gasteiger partial charge in [0.25, 0.3) is 5.91 Å². The minimum absolute atomic E-state index is 0.0325. The van der Waals surface area contributed by atoms with Crippen LogP contribution in [0.5, 0.6) is 0 Å². The minimum atomic E-state index is -0.222. The Balaban J connectivity index is 1.45. The van der Waals surface area contributed by atoms with Gasteiger partial charge in [-0.3, -0.25) is 14.5 Å². The van der Waals surface area contributed by atoms with E-state index in [4.69, 9.17) is 9.26 Å². The molecule has 2 fully saturated rings. The Morgan fingerprint density at radius 2 is 2.17 bits per heavy atom. The first-order valence-electron chi connectivity index (χ1n) is 7.96. The lowest BCUT2D eigenvalue weighted by molar-refractivity contribution is -0.133. The molecule has 0 spiro atoms. The van der Waals surface area contributed by atoms with Gasteiger partial charge in [0.15, 0.2) is 0 Å². The van der Waals surface area contributed by atoms with E-state index in [1.54, 1.807) is 6.92 Å². The van der Waals surface area contributed by atoms with Crippen molar-refractivity contribution in [2.45, 2.75) is 19.4 Å². The van der Waals surface area contributed by atoms with Crippen molar-refractivity contribution >= 4 is 11.8 Å². The van der Waals surface area contributed by atoms with Gasteiger partial charge in [-0.15, -0.1) is 0 Å². The van der Waals surface area contributed by atoms with Gasteiger partial charge >= 0.3 is 0 Å². The number of ether oxygens (including phenoxy) is 1. The SMILES string of the molecule is Cc1nocc1C(=O)NCCN1CCC(N2CCOCC2)C1=O. The highest BCUT2D eigenvalue weighted by atomic mass is 16.5. The molecule has 126 valence electrons. The highest BCUT2D eigenvalue weighted by Gasteiger charge is 2.36. The zero-order valence-electron chi connectivity index (χ0n) is 13.3. The van der Waals surface area contributed by atoms with Gasteiger partial charge in [0.05, 0.1) is 24.9 Å². The Labute approximate surface area is 134 Å². The number of carbonyl (C=O) groups excluding carboxylic acids is 2. The summed E-state index contributed by atoms with van der Waals surface area (Å²) in [5, 5.41) is 6.48. The van der Waals surface area contributed by atoms with Crippen molar-refractivity contribution in [2.75, 3.05) is 45.9 Å². The van der Waals surface area contributed by atoms with Crippen molar-refractivity contribution in [1.29, 1.82) is 0 Å². The second kappa shape index (κ2) is 7.10. The van der Waals surface area contributed by atoms with Crippen LogP contribution in [-0.4, -0.2) is 78.8 Å². The van der Waals surface area contributed by atoms with Crippen molar-refractivity contribution in [1.82, 2.24) is 20.3 Å². The molecule has 0 radical (unpaired) electrons. The van der Waals surface area contributed by atoms with Gasteiger partial charge in [0.1, 0.15) is 11.8 Å². The summed E-state index contributed by atoms with van der Waals surface area (Å²) in [6.07, 6.45) is 2.18. The summed E-state index contributed by atoms with van der Waals surface area (Å²) in [6, 6.07) is -0.0325. The lowest BCUT2D eigenvalue weighted by Crippen LogP contribution is -2.48. The van der Waals surface area contributed by atoms with Crippen LogP contribution in [0.3, 0.4) is 0 Å². The number of nitrogens with one attached hydrogen (secondary N) is 1. The van der Waals surface area contributed by atoms with E-state index in [0.717, 1.165) is 26.1 Å². The first-order chi connectivity index (χ1) is 11.2. The molecule has 3 heterocycles. The van der Waals surface area contributed by atoms with E-state index < -0.39 is 0 Å². The number of rotatable bonds is 5. The van der Waals surface area contributed by atoms with Crippen LogP contribution in [0.2, 0.25) is 0 Å². The molecule has 1 N–H and O–H groups in total. The second-order valence-corrected chi connectivity index (χ2v) is 5.85. The van der Waals surface area contributed by atoms with Crippen molar-refractivity contribution in [2.24, 2.45) is 0 Å². The van der Waals surface area contributed by atoms with Gasteiger partial charge in [0, 0.05) is 32.7 Å². The summed E-state index contributed by atoms with van der Waals surface area (Å²) in [7, 11) is 0. The zero-order valence-corrected chi connectivity index (χ0v) is 13.3. The number of carbonyl (C=O) groups is 2. The number of aryl methyl sites for hydroxylation is 1. The molecule has 1 aromatic rings. The molecule has 3 rings (SSSR count). The summed E-state index contributed by atoms with van der Waals surface area (Å²) >= 11 is 0. The van der Waals surface area contributed by atoms with Crippen molar-refractivity contribution in [3.8, 4) is 0 Å². The highest BCUT2D eigenvalue weighted by molar-refractivity contribution is 5.94. The first kappa shape index (κ1) is 15.9. The van der Waals surface area contributed by atoms with Crippen LogP contribution >= 0.6 is 0 Å². The van der Waals surface area contributed by atoms with Crippen LogP contribution < -0.4 is 5.32 Å². The minimum Gasteiger partial charge on any atom is -0.379 e. The number of amides is 2. The molecule has 2 aliphatic rings. The normalized spacial score (nSPS) is 22.6. The third-order valence-electron chi connectivity index (χ3n) is 4.42. The molecule has 0 bridgehead atoms. The van der Waals surface area contributed by atoms with Gasteiger partial charge < -0.3 is 19.5 Å². The molecule has 1 unspecified atom stereocenters. The summed E-state index contributed by atoms with van der Waals surface area (Å²) in [6.45, 7) is 6.41. The average molecular weight is 322 g/mol. The van der Waals surface area contributed by atoms with E-state index in [9.17, 15) is 9.59 Å². The van der Waals surface area contributed by atoms with Gasteiger partial charge in [-0.25, -0.2) is 0 Å². The average Bonchev–Trinajstić information content (AvgIpc) is 3.15. The Kier molecular flexibility index (Phi) is 4.92. The smallest absolute Gasteiger partial charge is 0.256 e. The van der Waals surface area contributed by atoms with E-state index >= 15 is 0 Å². The maximum atomic E-state index is 12.5.